The summed E-state index contributed by atoms with van der Waals surface area (Å²) in [5.41, 5.74) is -0.538. The smallest absolute Gasteiger partial charge is 0.233 e. The fraction of sp³-hybridized carbons (Fsp3) is 0.533. The Balaban J connectivity index is 1.26. The molecule has 6 rings (SSSR count). The zero-order valence-electron chi connectivity index (χ0n) is 21.9. The van der Waals surface area contributed by atoms with Crippen LogP contribution in [-0.4, -0.2) is 50.1 Å². The van der Waals surface area contributed by atoms with Crippen LogP contribution < -0.4 is 4.74 Å². The lowest BCUT2D eigenvalue weighted by Gasteiger charge is -2.59. The van der Waals surface area contributed by atoms with Gasteiger partial charge in [-0.05, 0) is 73.8 Å². The minimum atomic E-state index is -1.64. The van der Waals surface area contributed by atoms with Crippen LogP contribution in [0.2, 0.25) is 5.02 Å². The molecule has 8 atom stereocenters. The van der Waals surface area contributed by atoms with E-state index in [9.17, 15) is 19.8 Å². The van der Waals surface area contributed by atoms with Crippen LogP contribution in [0.15, 0.2) is 48.2 Å². The van der Waals surface area contributed by atoms with Gasteiger partial charge in [0.1, 0.15) is 5.60 Å². The molecule has 38 heavy (non-hydrogen) atoms. The van der Waals surface area contributed by atoms with Crippen molar-refractivity contribution in [3.05, 3.63) is 53.2 Å². The zero-order chi connectivity index (χ0) is 27.0. The van der Waals surface area contributed by atoms with Gasteiger partial charge in [-0.1, -0.05) is 44.0 Å². The number of hydrogen-bond donors (Lipinski definition) is 2. The Hall–Kier alpha value is -2.61. The number of ether oxygens (including phenoxy) is 1. The number of aliphatic hydroxyl groups is 2. The molecule has 2 aromatic rings. The van der Waals surface area contributed by atoms with Crippen LogP contribution in [0.5, 0.6) is 5.88 Å². The third-order valence-corrected chi connectivity index (χ3v) is 10.6. The van der Waals surface area contributed by atoms with Crippen molar-refractivity contribution in [2.24, 2.45) is 34.5 Å². The lowest BCUT2D eigenvalue weighted by atomic mass is 9.46. The summed E-state index contributed by atoms with van der Waals surface area (Å²) in [6, 6.07) is 5.15. The molecule has 2 N–H and O–H groups in total. The van der Waals surface area contributed by atoms with E-state index < -0.39 is 28.3 Å². The van der Waals surface area contributed by atoms with Crippen molar-refractivity contribution >= 4 is 34.2 Å². The average molecular weight is 537 g/mol. The summed E-state index contributed by atoms with van der Waals surface area (Å²) in [5, 5.41) is 24.3. The molecule has 1 heterocycles. The van der Waals surface area contributed by atoms with Gasteiger partial charge in [-0.2, -0.15) is 0 Å². The quantitative estimate of drug-likeness (QED) is 0.592. The number of rotatable bonds is 4. The highest BCUT2D eigenvalue weighted by atomic mass is 35.5. The largest absolute Gasteiger partial charge is 0.468 e. The third-order valence-electron chi connectivity index (χ3n) is 10.3. The maximum Gasteiger partial charge on any atom is 0.233 e. The zero-order valence-corrected chi connectivity index (χ0v) is 22.6. The monoisotopic (exact) mass is 536 g/mol. The second-order valence-electron chi connectivity index (χ2n) is 12.2. The minimum Gasteiger partial charge on any atom is -0.468 e. The van der Waals surface area contributed by atoms with Crippen LogP contribution in [0.25, 0.3) is 11.0 Å². The Morgan fingerprint density at radius 1 is 1.26 bits per heavy atom. The Kier molecular flexibility index (Phi) is 5.87. The summed E-state index contributed by atoms with van der Waals surface area (Å²) in [4.78, 5) is 34.5. The summed E-state index contributed by atoms with van der Waals surface area (Å²) in [6.07, 6.45) is 8.67. The number of nitrogens with zero attached hydrogens (tertiary/aromatic N) is 2. The number of hydrogen-bond acceptors (Lipinski definition) is 7. The van der Waals surface area contributed by atoms with Gasteiger partial charge in [0.25, 0.3) is 0 Å². The Morgan fingerprint density at radius 3 is 2.84 bits per heavy atom. The molecule has 7 nitrogen and oxygen atoms in total. The van der Waals surface area contributed by atoms with Crippen LogP contribution in [0.1, 0.15) is 46.5 Å². The number of aromatic nitrogens is 2. The first-order chi connectivity index (χ1) is 18.0. The molecule has 200 valence electrons. The number of fused-ring (bicyclic) bond motifs is 6. The molecule has 0 aliphatic heterocycles. The van der Waals surface area contributed by atoms with Gasteiger partial charge < -0.3 is 14.9 Å². The van der Waals surface area contributed by atoms with E-state index in [1.54, 1.807) is 30.4 Å². The van der Waals surface area contributed by atoms with Crippen LogP contribution in [0, 0.1) is 34.5 Å². The van der Waals surface area contributed by atoms with Gasteiger partial charge in [0.2, 0.25) is 11.7 Å². The summed E-state index contributed by atoms with van der Waals surface area (Å²) in [6.45, 7) is 5.67. The number of Topliss-reactive ketones (excluding diaryl/α,β-unsaturated/α-hetero) is 1. The minimum absolute atomic E-state index is 0.000393. The van der Waals surface area contributed by atoms with Crippen molar-refractivity contribution < 1.29 is 24.5 Å². The third kappa shape index (κ3) is 3.55. The van der Waals surface area contributed by atoms with E-state index >= 15 is 0 Å². The number of halogens is 1. The van der Waals surface area contributed by atoms with E-state index in [1.165, 1.54) is 6.20 Å². The van der Waals surface area contributed by atoms with E-state index in [2.05, 4.69) is 16.9 Å². The second-order valence-corrected chi connectivity index (χ2v) is 12.6. The molecule has 4 aliphatic rings. The summed E-state index contributed by atoms with van der Waals surface area (Å²) >= 11 is 6.02. The molecule has 0 bridgehead atoms. The van der Waals surface area contributed by atoms with E-state index in [0.29, 0.717) is 28.9 Å². The SMILES string of the molecule is C[C@@H]1CC2C3CCC4=CC(=O)C=CC4(C)C3C(O)CC2(C)[C@@]1(O)C(=O)COc1cnc2cc(Cl)ccc2n1. The van der Waals surface area contributed by atoms with E-state index in [4.69, 9.17) is 16.3 Å². The van der Waals surface area contributed by atoms with Crippen LogP contribution >= 0.6 is 11.6 Å². The molecular weight excluding hydrogens is 504 g/mol. The molecule has 1 aromatic carbocycles. The Morgan fingerprint density at radius 2 is 2.05 bits per heavy atom. The predicted molar refractivity (Wildman–Crippen MR) is 143 cm³/mol. The van der Waals surface area contributed by atoms with Gasteiger partial charge in [-0.15, -0.1) is 0 Å². The average Bonchev–Trinajstić information content (AvgIpc) is 3.08. The van der Waals surface area contributed by atoms with Crippen molar-refractivity contribution in [3.63, 3.8) is 0 Å². The molecular formula is C30H33ClN2O5. The number of benzene rings is 1. The summed E-state index contributed by atoms with van der Waals surface area (Å²) in [5.74, 6) is -0.359. The lowest BCUT2D eigenvalue weighted by Crippen LogP contribution is -2.63. The number of carbonyl (C=O) groups is 2. The predicted octanol–water partition coefficient (Wildman–Crippen LogP) is 4.49. The molecule has 8 heteroatoms. The molecule has 6 unspecified atom stereocenters. The summed E-state index contributed by atoms with van der Waals surface area (Å²) < 4.78 is 5.76. The molecule has 3 saturated carbocycles. The van der Waals surface area contributed by atoms with Crippen molar-refractivity contribution in [1.82, 2.24) is 9.97 Å². The second kappa shape index (κ2) is 8.70. The maximum atomic E-state index is 13.7. The number of ketones is 2. The van der Waals surface area contributed by atoms with Gasteiger partial charge >= 0.3 is 0 Å². The first-order valence-corrected chi connectivity index (χ1v) is 13.8. The molecule has 1 aromatic heterocycles. The lowest BCUT2D eigenvalue weighted by molar-refractivity contribution is -0.183. The molecule has 0 saturated heterocycles. The number of aliphatic hydroxyl groups excluding tert-OH is 1. The summed E-state index contributed by atoms with van der Waals surface area (Å²) in [7, 11) is 0. The number of allylic oxidation sites excluding steroid dienone is 4. The van der Waals surface area contributed by atoms with Crippen molar-refractivity contribution in [2.75, 3.05) is 6.61 Å². The van der Waals surface area contributed by atoms with Crippen LogP contribution in [-0.2, 0) is 9.59 Å². The first-order valence-electron chi connectivity index (χ1n) is 13.4. The molecule has 0 spiro atoms. The van der Waals surface area contributed by atoms with Crippen molar-refractivity contribution in [3.8, 4) is 5.88 Å². The fourth-order valence-corrected chi connectivity index (χ4v) is 8.71. The first kappa shape index (κ1) is 25.7. The van der Waals surface area contributed by atoms with E-state index in [-0.39, 0.29) is 41.9 Å². The van der Waals surface area contributed by atoms with E-state index in [0.717, 1.165) is 18.4 Å². The highest BCUT2D eigenvalue weighted by Gasteiger charge is 2.70. The topological polar surface area (TPSA) is 110 Å². The highest BCUT2D eigenvalue weighted by Crippen LogP contribution is 2.68. The standard InChI is InChI=1S/C30H33ClN2O5/c1-16-10-21-20-6-4-17-11-19(34)8-9-28(17,2)27(20)24(35)13-29(21,3)30(16,37)25(36)15-38-26-14-32-23-12-18(31)5-7-22(23)33-26/h5,7-9,11-12,14,16,20-21,24,27,35,37H,4,6,10,13,15H2,1-3H3/t16-,20?,21?,24?,27?,28?,29?,30+/m1/s1. The molecule has 0 amide bonds. The highest BCUT2D eigenvalue weighted by molar-refractivity contribution is 6.31. The normalized spacial score (nSPS) is 39.8. The molecule has 3 fully saturated rings. The van der Waals surface area contributed by atoms with Crippen molar-refractivity contribution in [1.29, 1.82) is 0 Å². The van der Waals surface area contributed by atoms with Gasteiger partial charge in [0.15, 0.2) is 12.4 Å². The van der Waals surface area contributed by atoms with E-state index in [1.807, 2.05) is 19.9 Å². The fourth-order valence-electron chi connectivity index (χ4n) is 8.54. The number of carbonyl (C=O) groups excluding carboxylic acids is 2. The van der Waals surface area contributed by atoms with Crippen LogP contribution in [0.4, 0.5) is 0 Å². The maximum absolute atomic E-state index is 13.7. The Bertz CT molecular complexity index is 1410. The van der Waals surface area contributed by atoms with Gasteiger partial charge in [0.05, 0.1) is 23.3 Å². The van der Waals surface area contributed by atoms with Gasteiger partial charge in [0, 0.05) is 21.8 Å². The van der Waals surface area contributed by atoms with Crippen LogP contribution in [0.3, 0.4) is 0 Å². The molecule has 4 aliphatic carbocycles. The molecule has 0 radical (unpaired) electrons. The van der Waals surface area contributed by atoms with Crippen molar-refractivity contribution in [2.45, 2.75) is 58.2 Å². The van der Waals surface area contributed by atoms with Gasteiger partial charge in [-0.3, -0.25) is 9.59 Å². The van der Waals surface area contributed by atoms with Gasteiger partial charge in [-0.25, -0.2) is 9.97 Å². The Labute approximate surface area is 227 Å².